The lowest BCUT2D eigenvalue weighted by Gasteiger charge is -2.20. The van der Waals surface area contributed by atoms with Crippen LogP contribution in [0.4, 0.5) is 17.6 Å². The van der Waals surface area contributed by atoms with E-state index in [0.29, 0.717) is 30.2 Å². The van der Waals surface area contributed by atoms with Gasteiger partial charge in [0.1, 0.15) is 17.5 Å². The molecule has 2 aliphatic rings. The predicted molar refractivity (Wildman–Crippen MR) is 117 cm³/mol. The minimum Gasteiger partial charge on any atom is -0.473 e. The monoisotopic (exact) mass is 472 g/mol. The van der Waals surface area contributed by atoms with Crippen LogP contribution in [0, 0.1) is 24.6 Å². The van der Waals surface area contributed by atoms with Gasteiger partial charge < -0.3 is 4.74 Å². The third-order valence-electron chi connectivity index (χ3n) is 6.71. The summed E-state index contributed by atoms with van der Waals surface area (Å²) in [5.74, 6) is -0.332. The Balaban J connectivity index is 1.29. The van der Waals surface area contributed by atoms with E-state index < -0.39 is 23.4 Å². The Morgan fingerprint density at radius 2 is 1.79 bits per heavy atom. The number of aryl methyl sites for hydroxylation is 1. The molecule has 5 rings (SSSR count). The van der Waals surface area contributed by atoms with Gasteiger partial charge in [0.15, 0.2) is 0 Å². The number of benzene rings is 1. The van der Waals surface area contributed by atoms with Crippen molar-refractivity contribution in [1.29, 1.82) is 0 Å². The summed E-state index contributed by atoms with van der Waals surface area (Å²) in [6, 6.07) is 10.6. The average Bonchev–Trinajstić information content (AvgIpc) is 3.33. The van der Waals surface area contributed by atoms with E-state index in [-0.39, 0.29) is 17.4 Å². The van der Waals surface area contributed by atoms with Gasteiger partial charge >= 0.3 is 6.18 Å². The molecule has 2 aromatic heterocycles. The zero-order valence-corrected chi connectivity index (χ0v) is 18.6. The zero-order valence-electron chi connectivity index (χ0n) is 18.6. The predicted octanol–water partition coefficient (Wildman–Crippen LogP) is 5.29. The molecule has 3 aromatic rings. The van der Waals surface area contributed by atoms with Crippen molar-refractivity contribution in [3.8, 4) is 17.1 Å². The van der Waals surface area contributed by atoms with Crippen molar-refractivity contribution >= 4 is 0 Å². The van der Waals surface area contributed by atoms with Crippen LogP contribution in [0.1, 0.15) is 29.7 Å². The summed E-state index contributed by atoms with van der Waals surface area (Å²) in [6.45, 7) is 4.19. The Bertz CT molecular complexity index is 1160. The van der Waals surface area contributed by atoms with Crippen molar-refractivity contribution < 1.29 is 22.3 Å². The van der Waals surface area contributed by atoms with E-state index in [1.54, 1.807) is 13.1 Å². The number of hydrogen-bond acceptors (Lipinski definition) is 5. The molecule has 3 heterocycles. The molecule has 0 radical (unpaired) electrons. The second kappa shape index (κ2) is 8.94. The minimum absolute atomic E-state index is 0.0369. The maximum Gasteiger partial charge on any atom is 0.421 e. The summed E-state index contributed by atoms with van der Waals surface area (Å²) in [5, 5.41) is 7.73. The SMILES string of the molecule is Cc1ccc(F)cc1-c1cc(C(F)(F)F)c(O[C@H]2C[C@@H]3CN(Cc4ccccn4)C[C@@H]3C2)nn1. The van der Waals surface area contributed by atoms with Crippen LogP contribution in [0.2, 0.25) is 0 Å². The fourth-order valence-corrected chi connectivity index (χ4v) is 5.12. The highest BCUT2D eigenvalue weighted by molar-refractivity contribution is 5.64. The summed E-state index contributed by atoms with van der Waals surface area (Å²) >= 11 is 0. The van der Waals surface area contributed by atoms with E-state index in [4.69, 9.17) is 4.74 Å². The zero-order chi connectivity index (χ0) is 23.9. The molecule has 0 amide bonds. The van der Waals surface area contributed by atoms with E-state index in [9.17, 15) is 17.6 Å². The van der Waals surface area contributed by atoms with Crippen molar-refractivity contribution in [2.75, 3.05) is 13.1 Å². The van der Waals surface area contributed by atoms with E-state index in [1.807, 2.05) is 18.2 Å². The van der Waals surface area contributed by atoms with E-state index in [0.717, 1.165) is 37.5 Å². The van der Waals surface area contributed by atoms with Crippen LogP contribution in [-0.2, 0) is 12.7 Å². The molecule has 3 atom stereocenters. The molecule has 0 bridgehead atoms. The van der Waals surface area contributed by atoms with Gasteiger partial charge in [0.05, 0.1) is 11.4 Å². The van der Waals surface area contributed by atoms with Crippen LogP contribution in [0.25, 0.3) is 11.3 Å². The third kappa shape index (κ3) is 4.75. The molecule has 34 heavy (non-hydrogen) atoms. The second-order valence-electron chi connectivity index (χ2n) is 9.15. The number of likely N-dealkylation sites (tertiary alicyclic amines) is 1. The highest BCUT2D eigenvalue weighted by Gasteiger charge is 2.43. The first-order valence-corrected chi connectivity index (χ1v) is 11.3. The lowest BCUT2D eigenvalue weighted by atomic mass is 10.0. The van der Waals surface area contributed by atoms with Crippen LogP contribution in [0.15, 0.2) is 48.7 Å². The van der Waals surface area contributed by atoms with E-state index in [2.05, 4.69) is 20.1 Å². The summed E-state index contributed by atoms with van der Waals surface area (Å²) in [5.41, 5.74) is 0.860. The Morgan fingerprint density at radius 1 is 1.03 bits per heavy atom. The first kappa shape index (κ1) is 22.7. The number of nitrogens with zero attached hydrogens (tertiary/aromatic N) is 4. The molecule has 0 unspecified atom stereocenters. The van der Waals surface area contributed by atoms with Gasteiger partial charge in [-0.3, -0.25) is 9.88 Å². The van der Waals surface area contributed by atoms with Crippen LogP contribution < -0.4 is 4.74 Å². The molecule has 178 valence electrons. The van der Waals surface area contributed by atoms with Crippen molar-refractivity contribution in [2.24, 2.45) is 11.8 Å². The first-order chi connectivity index (χ1) is 16.3. The van der Waals surface area contributed by atoms with Crippen LogP contribution in [-0.4, -0.2) is 39.3 Å². The topological polar surface area (TPSA) is 51.1 Å². The summed E-state index contributed by atoms with van der Waals surface area (Å²) in [7, 11) is 0. The molecule has 1 aliphatic heterocycles. The fraction of sp³-hybridized carbons (Fsp3) is 0.400. The number of pyridine rings is 1. The number of aromatic nitrogens is 3. The van der Waals surface area contributed by atoms with Gasteiger partial charge in [-0.15, -0.1) is 10.2 Å². The molecule has 1 aliphatic carbocycles. The number of rotatable bonds is 5. The van der Waals surface area contributed by atoms with Gasteiger partial charge in [-0.25, -0.2) is 4.39 Å². The lowest BCUT2D eigenvalue weighted by Crippen LogP contribution is -2.25. The molecular weight excluding hydrogens is 448 g/mol. The van der Waals surface area contributed by atoms with Crippen LogP contribution in [0.3, 0.4) is 0 Å². The number of ether oxygens (including phenoxy) is 1. The Kier molecular flexibility index (Phi) is 5.97. The highest BCUT2D eigenvalue weighted by atomic mass is 19.4. The Morgan fingerprint density at radius 3 is 2.47 bits per heavy atom. The molecule has 9 heteroatoms. The quantitative estimate of drug-likeness (QED) is 0.472. The average molecular weight is 472 g/mol. The van der Waals surface area contributed by atoms with Crippen LogP contribution in [0.5, 0.6) is 5.88 Å². The smallest absolute Gasteiger partial charge is 0.421 e. The molecule has 1 aromatic carbocycles. The normalized spacial score (nSPS) is 22.7. The van der Waals surface area contributed by atoms with Gasteiger partial charge in [0.2, 0.25) is 5.88 Å². The van der Waals surface area contributed by atoms with Gasteiger partial charge in [-0.1, -0.05) is 12.1 Å². The van der Waals surface area contributed by atoms with Crippen molar-refractivity contribution in [2.45, 2.75) is 38.6 Å². The number of alkyl halides is 3. The van der Waals surface area contributed by atoms with Gasteiger partial charge in [0, 0.05) is 31.4 Å². The van der Waals surface area contributed by atoms with Crippen molar-refractivity contribution in [3.63, 3.8) is 0 Å². The van der Waals surface area contributed by atoms with E-state index in [1.165, 1.54) is 12.1 Å². The third-order valence-corrected chi connectivity index (χ3v) is 6.71. The summed E-state index contributed by atoms with van der Waals surface area (Å²) < 4.78 is 61.0. The molecular formula is C25H24F4N4O. The van der Waals surface area contributed by atoms with Crippen molar-refractivity contribution in [3.05, 3.63) is 71.3 Å². The molecule has 1 saturated carbocycles. The maximum atomic E-state index is 13.9. The lowest BCUT2D eigenvalue weighted by molar-refractivity contribution is -0.139. The molecule has 0 N–H and O–H groups in total. The second-order valence-corrected chi connectivity index (χ2v) is 9.15. The van der Waals surface area contributed by atoms with Gasteiger partial charge in [0.25, 0.3) is 0 Å². The van der Waals surface area contributed by atoms with Gasteiger partial charge in [-0.2, -0.15) is 13.2 Å². The standard InChI is InChI=1S/C25H24F4N4O/c1-15-5-6-18(26)10-21(15)23-11-22(25(27,28)29)24(32-31-23)34-20-8-16-12-33(13-17(16)9-20)14-19-4-2-3-7-30-19/h2-7,10-11,16-17,20H,8-9,12-14H2,1H3/t16-,17+,20+. The molecule has 2 fully saturated rings. The number of fused-ring (bicyclic) bond motifs is 1. The molecule has 1 saturated heterocycles. The molecule has 0 spiro atoms. The summed E-state index contributed by atoms with van der Waals surface area (Å²) in [4.78, 5) is 6.71. The fourth-order valence-electron chi connectivity index (χ4n) is 5.12. The Labute approximate surface area is 194 Å². The Hall–Kier alpha value is -3.07. The van der Waals surface area contributed by atoms with Gasteiger partial charge in [-0.05, 0) is 67.5 Å². The molecule has 5 nitrogen and oxygen atoms in total. The van der Waals surface area contributed by atoms with Crippen molar-refractivity contribution in [1.82, 2.24) is 20.1 Å². The van der Waals surface area contributed by atoms with E-state index >= 15 is 0 Å². The largest absolute Gasteiger partial charge is 0.473 e. The number of halogens is 4. The summed E-state index contributed by atoms with van der Waals surface area (Å²) in [6.07, 6.45) is -1.89. The first-order valence-electron chi connectivity index (χ1n) is 11.3. The number of hydrogen-bond donors (Lipinski definition) is 0. The maximum absolute atomic E-state index is 13.9. The van der Waals surface area contributed by atoms with Crippen LogP contribution >= 0.6 is 0 Å². The minimum atomic E-state index is -4.67. The highest BCUT2D eigenvalue weighted by Crippen LogP contribution is 2.42.